The van der Waals surface area contributed by atoms with Gasteiger partial charge in [0.05, 0.1) is 12.8 Å². The SMILES string of the molecule is COC(=O)COc1ccc(C)nc1CCN. The fraction of sp³-hybridized carbons (Fsp3) is 0.455. The second kappa shape index (κ2) is 6.07. The summed E-state index contributed by atoms with van der Waals surface area (Å²) in [7, 11) is 1.32. The number of aromatic nitrogens is 1. The van der Waals surface area contributed by atoms with Gasteiger partial charge in [0.15, 0.2) is 6.61 Å². The number of hydrogen-bond donors (Lipinski definition) is 1. The van der Waals surface area contributed by atoms with Gasteiger partial charge in [0.2, 0.25) is 0 Å². The molecule has 88 valence electrons. The highest BCUT2D eigenvalue weighted by atomic mass is 16.6. The summed E-state index contributed by atoms with van der Waals surface area (Å²) in [6, 6.07) is 3.61. The zero-order valence-corrected chi connectivity index (χ0v) is 9.53. The Kier molecular flexibility index (Phi) is 4.72. The van der Waals surface area contributed by atoms with Crippen LogP contribution < -0.4 is 10.5 Å². The number of hydrogen-bond acceptors (Lipinski definition) is 5. The first-order valence-electron chi connectivity index (χ1n) is 5.03. The molecule has 0 aromatic carbocycles. The van der Waals surface area contributed by atoms with Gasteiger partial charge >= 0.3 is 5.97 Å². The molecule has 0 atom stereocenters. The van der Waals surface area contributed by atoms with Crippen LogP contribution in [0.25, 0.3) is 0 Å². The third-order valence-corrected chi connectivity index (χ3v) is 2.03. The van der Waals surface area contributed by atoms with Crippen LogP contribution in [-0.4, -0.2) is 31.2 Å². The van der Waals surface area contributed by atoms with Crippen LogP contribution in [0.5, 0.6) is 5.75 Å². The molecule has 0 aliphatic rings. The van der Waals surface area contributed by atoms with Crippen molar-refractivity contribution in [3.05, 3.63) is 23.5 Å². The standard InChI is InChI=1S/C11H16N2O3/c1-8-3-4-10(9(13-8)5-6-12)16-7-11(14)15-2/h3-4H,5-7,12H2,1-2H3. The molecule has 5 heteroatoms. The first kappa shape index (κ1) is 12.4. The van der Waals surface area contributed by atoms with Crippen molar-refractivity contribution in [2.45, 2.75) is 13.3 Å². The fourth-order valence-electron chi connectivity index (χ4n) is 1.24. The smallest absolute Gasteiger partial charge is 0.343 e. The lowest BCUT2D eigenvalue weighted by Crippen LogP contribution is -2.15. The van der Waals surface area contributed by atoms with Gasteiger partial charge in [0.1, 0.15) is 5.75 Å². The Morgan fingerprint density at radius 2 is 2.25 bits per heavy atom. The van der Waals surface area contributed by atoms with Crippen LogP contribution in [0.15, 0.2) is 12.1 Å². The number of nitrogens with two attached hydrogens (primary N) is 1. The molecule has 1 rings (SSSR count). The van der Waals surface area contributed by atoms with E-state index in [1.54, 1.807) is 6.07 Å². The van der Waals surface area contributed by atoms with Crippen LogP contribution >= 0.6 is 0 Å². The lowest BCUT2D eigenvalue weighted by atomic mass is 10.2. The molecule has 5 nitrogen and oxygen atoms in total. The number of rotatable bonds is 5. The van der Waals surface area contributed by atoms with Gasteiger partial charge in [-0.25, -0.2) is 4.79 Å². The molecule has 0 spiro atoms. The van der Waals surface area contributed by atoms with Crippen molar-refractivity contribution in [3.8, 4) is 5.75 Å². The van der Waals surface area contributed by atoms with E-state index in [0.717, 1.165) is 11.4 Å². The molecule has 2 N–H and O–H groups in total. The number of aryl methyl sites for hydroxylation is 1. The fourth-order valence-corrected chi connectivity index (χ4v) is 1.24. The molecule has 0 bridgehead atoms. The predicted octanol–water partition coefficient (Wildman–Crippen LogP) is 0.443. The molecule has 0 aliphatic heterocycles. The minimum atomic E-state index is -0.417. The normalized spacial score (nSPS) is 9.94. The van der Waals surface area contributed by atoms with E-state index in [0.29, 0.717) is 18.7 Å². The van der Waals surface area contributed by atoms with Gasteiger partial charge in [-0.05, 0) is 25.6 Å². The van der Waals surface area contributed by atoms with Gasteiger partial charge < -0.3 is 15.2 Å². The van der Waals surface area contributed by atoms with Crippen LogP contribution in [0.2, 0.25) is 0 Å². The summed E-state index contributed by atoms with van der Waals surface area (Å²) >= 11 is 0. The van der Waals surface area contributed by atoms with Gasteiger partial charge in [-0.2, -0.15) is 0 Å². The number of carbonyl (C=O) groups is 1. The molecule has 0 aliphatic carbocycles. The molecular weight excluding hydrogens is 208 g/mol. The van der Waals surface area contributed by atoms with Crippen LogP contribution in [-0.2, 0) is 16.0 Å². The summed E-state index contributed by atoms with van der Waals surface area (Å²) in [5.74, 6) is 0.167. The monoisotopic (exact) mass is 224 g/mol. The molecule has 1 heterocycles. The molecule has 1 aromatic rings. The van der Waals surface area contributed by atoms with Crippen molar-refractivity contribution >= 4 is 5.97 Å². The molecule has 0 unspecified atom stereocenters. The summed E-state index contributed by atoms with van der Waals surface area (Å²) < 4.78 is 9.79. The summed E-state index contributed by atoms with van der Waals surface area (Å²) in [6.07, 6.45) is 0.623. The van der Waals surface area contributed by atoms with E-state index < -0.39 is 5.97 Å². The highest BCUT2D eigenvalue weighted by Gasteiger charge is 2.07. The van der Waals surface area contributed by atoms with E-state index in [4.69, 9.17) is 10.5 Å². The first-order valence-corrected chi connectivity index (χ1v) is 5.03. The lowest BCUT2D eigenvalue weighted by molar-refractivity contribution is -0.142. The van der Waals surface area contributed by atoms with Crippen molar-refractivity contribution in [1.29, 1.82) is 0 Å². The Bertz CT molecular complexity index is 366. The van der Waals surface area contributed by atoms with Crippen molar-refractivity contribution in [1.82, 2.24) is 4.98 Å². The summed E-state index contributed by atoms with van der Waals surface area (Å²) in [6.45, 7) is 2.27. The predicted molar refractivity (Wildman–Crippen MR) is 59.2 cm³/mol. The van der Waals surface area contributed by atoms with E-state index in [-0.39, 0.29) is 6.61 Å². The van der Waals surface area contributed by atoms with Crippen molar-refractivity contribution in [3.63, 3.8) is 0 Å². The van der Waals surface area contributed by atoms with E-state index in [1.807, 2.05) is 13.0 Å². The molecule has 16 heavy (non-hydrogen) atoms. The third kappa shape index (κ3) is 3.51. The average molecular weight is 224 g/mol. The summed E-state index contributed by atoms with van der Waals surface area (Å²) in [5.41, 5.74) is 7.14. The maximum absolute atomic E-state index is 10.9. The topological polar surface area (TPSA) is 74.4 Å². The zero-order valence-electron chi connectivity index (χ0n) is 9.53. The van der Waals surface area contributed by atoms with Crippen LogP contribution in [0.3, 0.4) is 0 Å². The Hall–Kier alpha value is -1.62. The Morgan fingerprint density at radius 1 is 1.50 bits per heavy atom. The van der Waals surface area contributed by atoms with E-state index in [1.165, 1.54) is 7.11 Å². The highest BCUT2D eigenvalue weighted by Crippen LogP contribution is 2.17. The zero-order chi connectivity index (χ0) is 12.0. The lowest BCUT2D eigenvalue weighted by Gasteiger charge is -2.09. The quantitative estimate of drug-likeness (QED) is 0.735. The Morgan fingerprint density at radius 3 is 2.88 bits per heavy atom. The van der Waals surface area contributed by atoms with Gasteiger partial charge in [0.25, 0.3) is 0 Å². The molecular formula is C11H16N2O3. The van der Waals surface area contributed by atoms with Crippen molar-refractivity contribution in [2.24, 2.45) is 5.73 Å². The maximum Gasteiger partial charge on any atom is 0.343 e. The largest absolute Gasteiger partial charge is 0.480 e. The Balaban J connectivity index is 2.73. The van der Waals surface area contributed by atoms with E-state index in [9.17, 15) is 4.79 Å². The van der Waals surface area contributed by atoms with Crippen molar-refractivity contribution in [2.75, 3.05) is 20.3 Å². The number of pyridine rings is 1. The number of nitrogens with zero attached hydrogens (tertiary/aromatic N) is 1. The molecule has 0 radical (unpaired) electrons. The Labute approximate surface area is 94.6 Å². The van der Waals surface area contributed by atoms with Crippen molar-refractivity contribution < 1.29 is 14.3 Å². The number of carbonyl (C=O) groups excluding carboxylic acids is 1. The highest BCUT2D eigenvalue weighted by molar-refractivity contribution is 5.70. The number of ether oxygens (including phenoxy) is 2. The van der Waals surface area contributed by atoms with Gasteiger partial charge in [-0.15, -0.1) is 0 Å². The van der Waals surface area contributed by atoms with E-state index in [2.05, 4.69) is 9.72 Å². The average Bonchev–Trinajstić information content (AvgIpc) is 2.28. The molecule has 0 saturated carbocycles. The van der Waals surface area contributed by atoms with Gasteiger partial charge in [0, 0.05) is 12.1 Å². The van der Waals surface area contributed by atoms with E-state index >= 15 is 0 Å². The van der Waals surface area contributed by atoms with Gasteiger partial charge in [-0.1, -0.05) is 0 Å². The molecule has 1 aromatic heterocycles. The maximum atomic E-state index is 10.9. The molecule has 0 fully saturated rings. The molecule has 0 saturated heterocycles. The summed E-state index contributed by atoms with van der Waals surface area (Å²) in [5, 5.41) is 0. The molecule has 0 amide bonds. The first-order chi connectivity index (χ1) is 7.67. The van der Waals surface area contributed by atoms with Gasteiger partial charge in [-0.3, -0.25) is 4.98 Å². The number of methoxy groups -OCH3 is 1. The third-order valence-electron chi connectivity index (χ3n) is 2.03. The van der Waals surface area contributed by atoms with Crippen LogP contribution in [0, 0.1) is 6.92 Å². The van der Waals surface area contributed by atoms with Crippen LogP contribution in [0.4, 0.5) is 0 Å². The van der Waals surface area contributed by atoms with Crippen LogP contribution in [0.1, 0.15) is 11.4 Å². The number of esters is 1. The minimum absolute atomic E-state index is 0.112. The minimum Gasteiger partial charge on any atom is -0.480 e. The summed E-state index contributed by atoms with van der Waals surface area (Å²) in [4.78, 5) is 15.2. The second-order valence-corrected chi connectivity index (χ2v) is 3.30. The second-order valence-electron chi connectivity index (χ2n) is 3.30.